The minimum Gasteiger partial charge on any atom is -0.479 e. The second-order valence-electron chi connectivity index (χ2n) is 6.41. The van der Waals surface area contributed by atoms with Gasteiger partial charge in [0.15, 0.2) is 6.04 Å². The number of rotatable bonds is 7. The summed E-state index contributed by atoms with van der Waals surface area (Å²) in [5, 5.41) is 15.5. The summed E-state index contributed by atoms with van der Waals surface area (Å²) in [5.41, 5.74) is 2.34. The molecule has 0 saturated carbocycles. The Balaban J connectivity index is 2.23. The molecular weight excluding hydrogens is 348 g/mol. The Morgan fingerprint density at radius 1 is 1.44 bits per heavy atom. The Kier molecular flexibility index (Phi) is 6.64. The first-order valence-electron chi connectivity index (χ1n) is 8.99. The number of carboxylic acids is 1. The summed E-state index contributed by atoms with van der Waals surface area (Å²) in [7, 11) is 0. The molecule has 8 nitrogen and oxygen atoms in total. The molecule has 146 valence electrons. The van der Waals surface area contributed by atoms with E-state index in [-0.39, 0.29) is 18.5 Å². The molecule has 27 heavy (non-hydrogen) atoms. The van der Waals surface area contributed by atoms with Gasteiger partial charge in [-0.25, -0.2) is 9.59 Å². The fourth-order valence-electron chi connectivity index (χ4n) is 3.03. The van der Waals surface area contributed by atoms with Crippen molar-refractivity contribution in [2.45, 2.75) is 45.7 Å². The highest BCUT2D eigenvalue weighted by Crippen LogP contribution is 2.24. The predicted octanol–water partition coefficient (Wildman–Crippen LogP) is 1.58. The average molecular weight is 374 g/mol. The molecule has 0 saturated heterocycles. The van der Waals surface area contributed by atoms with Crippen molar-refractivity contribution >= 4 is 11.9 Å². The molecule has 0 bridgehead atoms. The molecule has 8 heteroatoms. The number of likely N-dealkylation sites (N-methyl/N-ethyl adjacent to an activating group) is 1. The van der Waals surface area contributed by atoms with Crippen LogP contribution in [0.3, 0.4) is 0 Å². The van der Waals surface area contributed by atoms with Gasteiger partial charge < -0.3 is 15.3 Å². The van der Waals surface area contributed by atoms with E-state index in [4.69, 9.17) is 4.74 Å². The predicted molar refractivity (Wildman–Crippen MR) is 99.1 cm³/mol. The van der Waals surface area contributed by atoms with Crippen LogP contribution >= 0.6 is 0 Å². The first-order valence-corrected chi connectivity index (χ1v) is 8.99. The Labute approximate surface area is 159 Å². The maximum absolute atomic E-state index is 12.3. The number of esters is 1. The number of carbonyl (C=O) groups is 2. The largest absolute Gasteiger partial charge is 0.479 e. The highest BCUT2D eigenvalue weighted by Gasteiger charge is 2.45. The van der Waals surface area contributed by atoms with E-state index in [0.29, 0.717) is 13.0 Å². The second kappa shape index (κ2) is 8.73. The fraction of sp³-hybridized carbons (Fsp3) is 0.526. The number of hydrogen-bond donors (Lipinski definition) is 2. The van der Waals surface area contributed by atoms with Gasteiger partial charge in [0.25, 0.3) is 0 Å². The molecule has 0 aromatic carbocycles. The highest BCUT2D eigenvalue weighted by atomic mass is 16.5. The van der Waals surface area contributed by atoms with Crippen LogP contribution < -0.4 is 5.43 Å². The maximum atomic E-state index is 12.3. The topological polar surface area (TPSA) is 96.7 Å². The van der Waals surface area contributed by atoms with E-state index in [1.165, 1.54) is 0 Å². The molecule has 2 N–H and O–H groups in total. The van der Waals surface area contributed by atoms with E-state index in [0.717, 1.165) is 5.70 Å². The summed E-state index contributed by atoms with van der Waals surface area (Å²) < 4.78 is 6.69. The van der Waals surface area contributed by atoms with Crippen LogP contribution in [0.15, 0.2) is 30.2 Å². The number of nitrogens with zero attached hydrogens (tertiary/aromatic N) is 3. The van der Waals surface area contributed by atoms with E-state index in [1.807, 2.05) is 13.8 Å². The number of nitrogens with one attached hydrogen (secondary N) is 1. The summed E-state index contributed by atoms with van der Waals surface area (Å²) in [5.74, 6) is 4.26. The van der Waals surface area contributed by atoms with Gasteiger partial charge in [-0.2, -0.15) is 10.1 Å². The number of ether oxygens (including phenoxy) is 1. The van der Waals surface area contributed by atoms with Gasteiger partial charge in [0.1, 0.15) is 0 Å². The molecule has 0 aliphatic carbocycles. The normalized spacial score (nSPS) is 21.4. The highest BCUT2D eigenvalue weighted by molar-refractivity contribution is 5.87. The first-order chi connectivity index (χ1) is 12.8. The number of carbonyl (C=O) groups excluding carboxylic acids is 1. The van der Waals surface area contributed by atoms with Crippen LogP contribution in [0.2, 0.25) is 0 Å². The fourth-order valence-corrected chi connectivity index (χ4v) is 3.03. The third kappa shape index (κ3) is 4.49. The zero-order valence-electron chi connectivity index (χ0n) is 16.1. The summed E-state index contributed by atoms with van der Waals surface area (Å²) in [6, 6.07) is 1.13. The number of carboxylic acid groups (broad SMARTS) is 1. The molecule has 0 radical (unpaired) electrons. The summed E-state index contributed by atoms with van der Waals surface area (Å²) in [4.78, 5) is 24.2. The molecule has 0 spiro atoms. The molecule has 0 fully saturated rings. The van der Waals surface area contributed by atoms with Crippen molar-refractivity contribution in [3.8, 4) is 11.8 Å². The van der Waals surface area contributed by atoms with Gasteiger partial charge in [-0.15, -0.1) is 0 Å². The summed E-state index contributed by atoms with van der Waals surface area (Å²) >= 11 is 0. The molecular formula is C19H26N4O4. The Morgan fingerprint density at radius 3 is 2.74 bits per heavy atom. The Bertz CT molecular complexity index is 762. The average Bonchev–Trinajstić information content (AvgIpc) is 3.26. The van der Waals surface area contributed by atoms with Gasteiger partial charge in [0, 0.05) is 30.6 Å². The van der Waals surface area contributed by atoms with E-state index in [1.54, 1.807) is 48.1 Å². The zero-order chi connectivity index (χ0) is 20.0. The summed E-state index contributed by atoms with van der Waals surface area (Å²) in [6.07, 6.45) is 5.27. The Morgan fingerprint density at radius 2 is 2.19 bits per heavy atom. The molecule has 1 aromatic rings. The van der Waals surface area contributed by atoms with Crippen LogP contribution in [0.5, 0.6) is 0 Å². The molecule has 3 unspecified atom stereocenters. The lowest BCUT2D eigenvalue weighted by atomic mass is 9.96. The standard InChI is InChI=1S/C19H26N4O4/c1-5-23-19(18(25)26,13-15(4)21-23)9-8-14(3)12-16(17(24)27-6-2)22-11-7-10-20-22/h7,10-11,13-14,16,21H,5-6,12H2,1-4H3,(H,25,26). The lowest BCUT2D eigenvalue weighted by Gasteiger charge is -2.28. The van der Waals surface area contributed by atoms with Gasteiger partial charge >= 0.3 is 11.9 Å². The van der Waals surface area contributed by atoms with Crippen molar-refractivity contribution in [3.63, 3.8) is 0 Å². The lowest BCUT2D eigenvalue weighted by Crippen LogP contribution is -2.53. The molecule has 1 aliphatic heterocycles. The van der Waals surface area contributed by atoms with Gasteiger partial charge in [-0.1, -0.05) is 25.7 Å². The van der Waals surface area contributed by atoms with Crippen molar-refractivity contribution in [1.29, 1.82) is 0 Å². The van der Waals surface area contributed by atoms with E-state index in [9.17, 15) is 14.7 Å². The van der Waals surface area contributed by atoms with Crippen molar-refractivity contribution in [3.05, 3.63) is 30.2 Å². The van der Waals surface area contributed by atoms with E-state index in [2.05, 4.69) is 22.4 Å². The first kappa shape index (κ1) is 20.5. The van der Waals surface area contributed by atoms with Gasteiger partial charge in [-0.05, 0) is 32.4 Å². The van der Waals surface area contributed by atoms with E-state index >= 15 is 0 Å². The zero-order valence-corrected chi connectivity index (χ0v) is 16.1. The third-order valence-corrected chi connectivity index (χ3v) is 4.29. The van der Waals surface area contributed by atoms with Crippen LogP contribution in [0, 0.1) is 17.8 Å². The molecule has 1 aromatic heterocycles. The molecule has 3 atom stereocenters. The van der Waals surface area contributed by atoms with Crippen LogP contribution in [-0.4, -0.2) is 50.5 Å². The number of hydrazine groups is 1. The number of allylic oxidation sites excluding steroid dienone is 1. The molecule has 2 rings (SSSR count). The van der Waals surface area contributed by atoms with Crippen molar-refractivity contribution < 1.29 is 19.4 Å². The number of aliphatic carboxylic acids is 1. The molecule has 1 aliphatic rings. The smallest absolute Gasteiger partial charge is 0.342 e. The Hall–Kier alpha value is -2.79. The van der Waals surface area contributed by atoms with Crippen LogP contribution in [0.25, 0.3) is 0 Å². The van der Waals surface area contributed by atoms with E-state index < -0.39 is 17.6 Å². The van der Waals surface area contributed by atoms with Gasteiger partial charge in [0.2, 0.25) is 5.54 Å². The third-order valence-electron chi connectivity index (χ3n) is 4.29. The van der Waals surface area contributed by atoms with Crippen molar-refractivity contribution in [2.75, 3.05) is 13.2 Å². The van der Waals surface area contributed by atoms with Crippen LogP contribution in [0.1, 0.15) is 40.2 Å². The quantitative estimate of drug-likeness (QED) is 0.552. The minimum absolute atomic E-state index is 0.243. The summed E-state index contributed by atoms with van der Waals surface area (Å²) in [6.45, 7) is 8.01. The second-order valence-corrected chi connectivity index (χ2v) is 6.41. The minimum atomic E-state index is -1.42. The van der Waals surface area contributed by atoms with Crippen molar-refractivity contribution in [2.24, 2.45) is 5.92 Å². The van der Waals surface area contributed by atoms with Crippen molar-refractivity contribution in [1.82, 2.24) is 20.2 Å². The lowest BCUT2D eigenvalue weighted by molar-refractivity contribution is -0.148. The van der Waals surface area contributed by atoms with Crippen LogP contribution in [-0.2, 0) is 14.3 Å². The van der Waals surface area contributed by atoms with Gasteiger partial charge in [0.05, 0.1) is 6.61 Å². The monoisotopic (exact) mass is 374 g/mol. The number of aromatic nitrogens is 2. The number of hydrogen-bond acceptors (Lipinski definition) is 6. The van der Waals surface area contributed by atoms with Crippen LogP contribution in [0.4, 0.5) is 0 Å². The molecule has 0 amide bonds. The SMILES string of the molecule is CCOC(=O)C(CC(C)C#CC1(C(=O)O)C=C(C)NN1CC)n1cccn1. The maximum Gasteiger partial charge on any atom is 0.342 e. The van der Waals surface area contributed by atoms with Gasteiger partial charge in [-0.3, -0.25) is 4.68 Å². The molecule has 2 heterocycles.